The fourth-order valence-electron chi connectivity index (χ4n) is 2.85. The first-order valence-corrected chi connectivity index (χ1v) is 9.12. The quantitative estimate of drug-likeness (QED) is 0.465. The zero-order valence-corrected chi connectivity index (χ0v) is 15.0. The number of hydrogen-bond donors (Lipinski definition) is 2. The van der Waals surface area contributed by atoms with E-state index in [1.54, 1.807) is 36.7 Å². The first-order valence-electron chi connectivity index (χ1n) is 8.30. The van der Waals surface area contributed by atoms with Crippen LogP contribution in [0.4, 0.5) is 10.7 Å². The number of nitrogens with zero attached hydrogens (tertiary/aromatic N) is 4. The lowest BCUT2D eigenvalue weighted by Gasteiger charge is -2.35. The van der Waals surface area contributed by atoms with Crippen molar-refractivity contribution in [1.82, 2.24) is 20.2 Å². The average Bonchev–Trinajstić information content (AvgIpc) is 3.32. The van der Waals surface area contributed by atoms with Crippen molar-refractivity contribution in [3.8, 4) is 0 Å². The lowest BCUT2D eigenvalue weighted by atomic mass is 10.3. The lowest BCUT2D eigenvalue weighted by molar-refractivity contribution is -0.115. The number of anilines is 1. The second kappa shape index (κ2) is 7.23. The van der Waals surface area contributed by atoms with Crippen molar-refractivity contribution in [2.75, 3.05) is 31.1 Å². The van der Waals surface area contributed by atoms with E-state index in [9.17, 15) is 9.59 Å². The Kier molecular flexibility index (Phi) is 4.63. The van der Waals surface area contributed by atoms with Gasteiger partial charge in [0.1, 0.15) is 0 Å². The number of nitrogens with one attached hydrogen (secondary N) is 2. The summed E-state index contributed by atoms with van der Waals surface area (Å²) in [6.45, 7) is 2.63. The molecule has 2 aliphatic heterocycles. The third-order valence-electron chi connectivity index (χ3n) is 4.22. The van der Waals surface area contributed by atoms with Gasteiger partial charge in [0.05, 0.1) is 16.9 Å². The van der Waals surface area contributed by atoms with Gasteiger partial charge in [0, 0.05) is 32.4 Å². The van der Waals surface area contributed by atoms with Gasteiger partial charge in [0.25, 0.3) is 11.1 Å². The topological polar surface area (TPSA) is 115 Å². The second-order valence-electron chi connectivity index (χ2n) is 5.93. The van der Waals surface area contributed by atoms with E-state index >= 15 is 0 Å². The van der Waals surface area contributed by atoms with Crippen LogP contribution < -0.4 is 10.2 Å². The molecule has 27 heavy (non-hydrogen) atoms. The molecular weight excluding hydrogens is 368 g/mol. The van der Waals surface area contributed by atoms with Crippen molar-refractivity contribution < 1.29 is 14.0 Å². The van der Waals surface area contributed by atoms with E-state index < -0.39 is 5.91 Å². The Morgan fingerprint density at radius 2 is 2.07 bits per heavy atom. The van der Waals surface area contributed by atoms with Crippen LogP contribution in [0.3, 0.4) is 0 Å². The standard InChI is InChI=1S/C17H16N6O3S/c18-14(12-2-1-9-26-12)22-5-7-23(8-6-22)16-19-4-3-11(20-16)10-13-15(24)21-17(25)27-13/h1-4,9-10,18H,5-8H2,(H,21,24,25)/b13-10+,18-14?. The summed E-state index contributed by atoms with van der Waals surface area (Å²) in [5, 5.41) is 10.1. The molecule has 2 fully saturated rings. The van der Waals surface area contributed by atoms with Crippen molar-refractivity contribution in [2.24, 2.45) is 0 Å². The summed E-state index contributed by atoms with van der Waals surface area (Å²) >= 11 is 0.860. The fraction of sp³-hybridized carbons (Fsp3) is 0.235. The largest absolute Gasteiger partial charge is 0.461 e. The molecule has 2 saturated heterocycles. The summed E-state index contributed by atoms with van der Waals surface area (Å²) in [7, 11) is 0. The van der Waals surface area contributed by atoms with Gasteiger partial charge in [0.15, 0.2) is 11.6 Å². The van der Waals surface area contributed by atoms with Crippen LogP contribution in [-0.4, -0.2) is 58.0 Å². The third kappa shape index (κ3) is 3.70. The molecule has 0 spiro atoms. The predicted molar refractivity (Wildman–Crippen MR) is 100 cm³/mol. The van der Waals surface area contributed by atoms with Crippen LogP contribution in [0.2, 0.25) is 0 Å². The summed E-state index contributed by atoms with van der Waals surface area (Å²) in [6, 6.07) is 5.23. The van der Waals surface area contributed by atoms with Crippen molar-refractivity contribution in [1.29, 1.82) is 5.41 Å². The highest BCUT2D eigenvalue weighted by molar-refractivity contribution is 8.18. The van der Waals surface area contributed by atoms with Crippen molar-refractivity contribution in [2.45, 2.75) is 0 Å². The molecule has 10 heteroatoms. The number of thioether (sulfide) groups is 1. The first-order chi connectivity index (χ1) is 13.1. The van der Waals surface area contributed by atoms with Crippen LogP contribution in [0.5, 0.6) is 0 Å². The molecular formula is C17H16N6O3S. The van der Waals surface area contributed by atoms with Crippen LogP contribution in [0.1, 0.15) is 11.5 Å². The highest BCUT2D eigenvalue weighted by Crippen LogP contribution is 2.25. The van der Waals surface area contributed by atoms with E-state index in [4.69, 9.17) is 9.83 Å². The Bertz CT molecular complexity index is 919. The number of amidine groups is 1. The molecule has 2 N–H and O–H groups in total. The zero-order chi connectivity index (χ0) is 18.8. The van der Waals surface area contributed by atoms with Gasteiger partial charge in [-0.15, -0.1) is 0 Å². The Hall–Kier alpha value is -3.14. The molecule has 9 nitrogen and oxygen atoms in total. The van der Waals surface area contributed by atoms with Crippen LogP contribution in [0.15, 0.2) is 40.0 Å². The molecule has 0 saturated carbocycles. The van der Waals surface area contributed by atoms with Crippen molar-refractivity contribution >= 4 is 40.8 Å². The predicted octanol–water partition coefficient (Wildman–Crippen LogP) is 1.54. The number of aromatic nitrogens is 2. The molecule has 0 aromatic carbocycles. The molecule has 0 aliphatic carbocycles. The maximum absolute atomic E-state index is 11.7. The van der Waals surface area contributed by atoms with Gasteiger partial charge in [0.2, 0.25) is 5.95 Å². The third-order valence-corrected chi connectivity index (χ3v) is 5.03. The second-order valence-corrected chi connectivity index (χ2v) is 6.95. The average molecular weight is 384 g/mol. The Morgan fingerprint density at radius 3 is 2.74 bits per heavy atom. The van der Waals surface area contributed by atoms with E-state index in [0.717, 1.165) is 11.8 Å². The van der Waals surface area contributed by atoms with Gasteiger partial charge in [-0.05, 0) is 36.0 Å². The number of rotatable bonds is 3. The number of carbonyl (C=O) groups excluding carboxylic acids is 2. The van der Waals surface area contributed by atoms with Gasteiger partial charge >= 0.3 is 0 Å². The van der Waals surface area contributed by atoms with E-state index in [-0.39, 0.29) is 5.24 Å². The molecule has 2 aliphatic rings. The Balaban J connectivity index is 1.43. The molecule has 2 amide bonds. The molecule has 4 heterocycles. The molecule has 0 radical (unpaired) electrons. The van der Waals surface area contributed by atoms with Crippen LogP contribution >= 0.6 is 11.8 Å². The number of furan rings is 1. The Morgan fingerprint density at radius 1 is 1.26 bits per heavy atom. The molecule has 0 atom stereocenters. The lowest BCUT2D eigenvalue weighted by Crippen LogP contribution is -2.49. The van der Waals surface area contributed by atoms with Gasteiger partial charge in [-0.3, -0.25) is 20.3 Å². The van der Waals surface area contributed by atoms with E-state index in [1.807, 2.05) is 9.80 Å². The molecule has 2 aromatic rings. The Labute approximate surface area is 159 Å². The van der Waals surface area contributed by atoms with Gasteiger partial charge in [-0.2, -0.15) is 0 Å². The summed E-state index contributed by atoms with van der Waals surface area (Å²) < 4.78 is 5.29. The van der Waals surface area contributed by atoms with Crippen LogP contribution in [0.25, 0.3) is 6.08 Å². The van der Waals surface area contributed by atoms with Crippen LogP contribution in [0, 0.1) is 5.41 Å². The maximum Gasteiger partial charge on any atom is 0.290 e. The molecule has 138 valence electrons. The highest BCUT2D eigenvalue weighted by atomic mass is 32.2. The van der Waals surface area contributed by atoms with E-state index in [1.165, 1.54) is 0 Å². The normalized spacial score (nSPS) is 18.9. The number of piperazine rings is 1. The van der Waals surface area contributed by atoms with Gasteiger partial charge in [-0.25, -0.2) is 9.97 Å². The molecule has 4 rings (SSSR count). The number of carbonyl (C=O) groups is 2. The molecule has 0 unspecified atom stereocenters. The molecule has 0 bridgehead atoms. The van der Waals surface area contributed by atoms with E-state index in [0.29, 0.717) is 54.3 Å². The summed E-state index contributed by atoms with van der Waals surface area (Å²) in [4.78, 5) is 36.0. The van der Waals surface area contributed by atoms with Crippen LogP contribution in [-0.2, 0) is 4.79 Å². The smallest absolute Gasteiger partial charge is 0.290 e. The number of amides is 2. The number of imide groups is 1. The first kappa shape index (κ1) is 17.3. The minimum Gasteiger partial charge on any atom is -0.461 e. The van der Waals surface area contributed by atoms with Gasteiger partial charge < -0.3 is 14.2 Å². The maximum atomic E-state index is 11.7. The van der Waals surface area contributed by atoms with Crippen molar-refractivity contribution in [3.63, 3.8) is 0 Å². The summed E-state index contributed by atoms with van der Waals surface area (Å²) in [5.74, 6) is 1.07. The summed E-state index contributed by atoms with van der Waals surface area (Å²) in [6.07, 6.45) is 4.77. The minimum atomic E-state index is -0.407. The van der Waals surface area contributed by atoms with Crippen molar-refractivity contribution in [3.05, 3.63) is 47.0 Å². The fourth-order valence-corrected chi connectivity index (χ4v) is 3.52. The monoisotopic (exact) mass is 384 g/mol. The SMILES string of the molecule is N=C(c1ccco1)N1CCN(c2nccc(/C=C3/SC(=O)NC3=O)n2)CC1. The summed E-state index contributed by atoms with van der Waals surface area (Å²) in [5.41, 5.74) is 0.568. The minimum absolute atomic E-state index is 0.321. The molecule has 2 aromatic heterocycles. The highest BCUT2D eigenvalue weighted by Gasteiger charge is 2.26. The zero-order valence-electron chi connectivity index (χ0n) is 14.2. The van der Waals surface area contributed by atoms with Gasteiger partial charge in [-0.1, -0.05) is 0 Å². The number of hydrogen-bond acceptors (Lipinski definition) is 8. The van der Waals surface area contributed by atoms with E-state index in [2.05, 4.69) is 15.3 Å².